The molecule has 94 valence electrons. The Morgan fingerprint density at radius 1 is 1.33 bits per heavy atom. The van der Waals surface area contributed by atoms with Gasteiger partial charge in [0.15, 0.2) is 0 Å². The van der Waals surface area contributed by atoms with Crippen molar-refractivity contribution in [2.24, 2.45) is 5.92 Å². The predicted octanol–water partition coefficient (Wildman–Crippen LogP) is 2.39. The molecule has 3 rings (SSSR count). The van der Waals surface area contributed by atoms with Gasteiger partial charge >= 0.3 is 0 Å². The van der Waals surface area contributed by atoms with Crippen molar-refractivity contribution >= 4 is 5.69 Å². The second-order valence-corrected chi connectivity index (χ2v) is 5.61. The van der Waals surface area contributed by atoms with E-state index in [4.69, 9.17) is 0 Å². The van der Waals surface area contributed by atoms with E-state index in [0.717, 1.165) is 38.2 Å². The fourth-order valence-corrected chi connectivity index (χ4v) is 3.21. The van der Waals surface area contributed by atoms with Crippen LogP contribution in [-0.2, 0) is 0 Å². The number of nitrogens with one attached hydrogen (secondary N) is 1. The zero-order chi connectivity index (χ0) is 12.6. The van der Waals surface area contributed by atoms with Crippen LogP contribution in [0.3, 0.4) is 0 Å². The molecule has 2 saturated heterocycles. The third-order valence-corrected chi connectivity index (χ3v) is 4.41. The van der Waals surface area contributed by atoms with Gasteiger partial charge in [0, 0.05) is 24.7 Å². The average molecular weight is 241 g/mol. The Balaban J connectivity index is 1.84. The molecule has 0 saturated carbocycles. The van der Waals surface area contributed by atoms with E-state index in [9.17, 15) is 5.26 Å². The third kappa shape index (κ3) is 1.87. The molecule has 3 heteroatoms. The Morgan fingerprint density at radius 2 is 2.11 bits per heavy atom. The van der Waals surface area contributed by atoms with Crippen LogP contribution in [0.25, 0.3) is 0 Å². The minimum absolute atomic E-state index is 0.359. The maximum Gasteiger partial charge on any atom is 0.130 e. The highest BCUT2D eigenvalue weighted by Crippen LogP contribution is 2.37. The first-order chi connectivity index (χ1) is 8.72. The quantitative estimate of drug-likeness (QED) is 0.864. The van der Waals surface area contributed by atoms with Gasteiger partial charge in [-0.3, -0.25) is 0 Å². The molecule has 1 N–H and O–H groups in total. The summed E-state index contributed by atoms with van der Waals surface area (Å²) >= 11 is 0. The fourth-order valence-electron chi connectivity index (χ4n) is 3.21. The second kappa shape index (κ2) is 4.29. The highest BCUT2D eigenvalue weighted by atomic mass is 15.2. The minimum atomic E-state index is -0.359. The van der Waals surface area contributed by atoms with E-state index in [1.165, 1.54) is 5.56 Å². The fraction of sp³-hybridized carbons (Fsp3) is 0.533. The van der Waals surface area contributed by atoms with Gasteiger partial charge in [-0.05, 0) is 38.4 Å². The van der Waals surface area contributed by atoms with Gasteiger partial charge in [0.25, 0.3) is 0 Å². The molecule has 0 radical (unpaired) electrons. The summed E-state index contributed by atoms with van der Waals surface area (Å²) in [5.41, 5.74) is 1.96. The minimum Gasteiger partial charge on any atom is -0.367 e. The molecule has 3 atom stereocenters. The maximum absolute atomic E-state index is 9.65. The van der Waals surface area contributed by atoms with Crippen LogP contribution in [0.5, 0.6) is 0 Å². The molecule has 0 aliphatic carbocycles. The lowest BCUT2D eigenvalue weighted by Crippen LogP contribution is -2.50. The number of nitriles is 1. The molecule has 2 aliphatic rings. The molecule has 1 aromatic carbocycles. The van der Waals surface area contributed by atoms with E-state index in [1.807, 2.05) is 0 Å². The number of rotatable bonds is 2. The zero-order valence-corrected chi connectivity index (χ0v) is 10.8. The van der Waals surface area contributed by atoms with Crippen LogP contribution >= 0.6 is 0 Å². The normalized spacial score (nSPS) is 34.0. The van der Waals surface area contributed by atoms with Crippen molar-refractivity contribution in [1.82, 2.24) is 4.90 Å². The molecule has 2 bridgehead atoms. The summed E-state index contributed by atoms with van der Waals surface area (Å²) in [5.74, 6) is 0.470. The summed E-state index contributed by atoms with van der Waals surface area (Å²) in [6, 6.07) is 10.9. The van der Waals surface area contributed by atoms with Gasteiger partial charge in [-0.25, -0.2) is 0 Å². The first kappa shape index (κ1) is 11.6. The Labute approximate surface area is 108 Å². The van der Waals surface area contributed by atoms with Crippen molar-refractivity contribution in [1.29, 1.82) is 5.26 Å². The van der Waals surface area contributed by atoms with Gasteiger partial charge in [-0.2, -0.15) is 5.26 Å². The van der Waals surface area contributed by atoms with Crippen molar-refractivity contribution in [3.63, 3.8) is 0 Å². The van der Waals surface area contributed by atoms with Gasteiger partial charge in [-0.15, -0.1) is 0 Å². The van der Waals surface area contributed by atoms with Crippen LogP contribution in [0.2, 0.25) is 0 Å². The monoisotopic (exact) mass is 241 g/mol. The number of piperidine rings is 1. The first-order valence-corrected chi connectivity index (χ1v) is 6.70. The van der Waals surface area contributed by atoms with E-state index in [2.05, 4.69) is 47.5 Å². The Hall–Kier alpha value is -1.53. The number of benzene rings is 1. The number of aryl methyl sites for hydroxylation is 1. The van der Waals surface area contributed by atoms with E-state index < -0.39 is 0 Å². The number of fused-ring (bicyclic) bond motifs is 2. The molecule has 0 aromatic heterocycles. The smallest absolute Gasteiger partial charge is 0.130 e. The van der Waals surface area contributed by atoms with Crippen molar-refractivity contribution in [2.75, 3.05) is 25.0 Å². The van der Waals surface area contributed by atoms with Crippen LogP contribution in [0.1, 0.15) is 18.4 Å². The lowest BCUT2D eigenvalue weighted by Gasteiger charge is -2.38. The lowest BCUT2D eigenvalue weighted by molar-refractivity contribution is 0.221. The summed E-state index contributed by atoms with van der Waals surface area (Å²) in [7, 11) is 0. The summed E-state index contributed by atoms with van der Waals surface area (Å²) in [6.07, 6.45) is 2.08. The summed E-state index contributed by atoms with van der Waals surface area (Å²) in [5, 5.41) is 13.2. The summed E-state index contributed by atoms with van der Waals surface area (Å²) in [4.78, 5) is 2.47. The van der Waals surface area contributed by atoms with Gasteiger partial charge in [0.1, 0.15) is 5.54 Å². The van der Waals surface area contributed by atoms with E-state index >= 15 is 0 Å². The van der Waals surface area contributed by atoms with Gasteiger partial charge in [0.05, 0.1) is 6.07 Å². The zero-order valence-electron chi connectivity index (χ0n) is 10.8. The molecular weight excluding hydrogens is 222 g/mol. The average Bonchev–Trinajstić information content (AvgIpc) is 2.81. The van der Waals surface area contributed by atoms with Crippen LogP contribution in [0, 0.1) is 24.2 Å². The maximum atomic E-state index is 9.65. The molecule has 18 heavy (non-hydrogen) atoms. The number of hydrogen-bond donors (Lipinski definition) is 1. The van der Waals surface area contributed by atoms with Crippen molar-refractivity contribution in [3.05, 3.63) is 29.8 Å². The van der Waals surface area contributed by atoms with Crippen LogP contribution < -0.4 is 5.32 Å². The largest absolute Gasteiger partial charge is 0.367 e. The molecule has 0 amide bonds. The second-order valence-electron chi connectivity index (χ2n) is 5.61. The van der Waals surface area contributed by atoms with Gasteiger partial charge < -0.3 is 10.2 Å². The molecule has 1 aromatic rings. The highest BCUT2D eigenvalue weighted by Gasteiger charge is 2.46. The number of hydrogen-bond acceptors (Lipinski definition) is 3. The molecule has 2 heterocycles. The predicted molar refractivity (Wildman–Crippen MR) is 72.3 cm³/mol. The first-order valence-electron chi connectivity index (χ1n) is 6.70. The summed E-state index contributed by atoms with van der Waals surface area (Å²) < 4.78 is 0. The third-order valence-electron chi connectivity index (χ3n) is 4.41. The molecule has 3 nitrogen and oxygen atoms in total. The summed E-state index contributed by atoms with van der Waals surface area (Å²) in [6.45, 7) is 5.36. The topological polar surface area (TPSA) is 39.1 Å². The number of anilines is 1. The van der Waals surface area contributed by atoms with E-state index in [-0.39, 0.29) is 5.54 Å². The Morgan fingerprint density at radius 3 is 2.83 bits per heavy atom. The SMILES string of the molecule is Cc1ccc(NC2(C#N)CCN3CCC2C3)cc1. The molecule has 2 aliphatic heterocycles. The van der Waals surface area contributed by atoms with Crippen molar-refractivity contribution in [2.45, 2.75) is 25.3 Å². The Bertz CT molecular complexity index is 474. The lowest BCUT2D eigenvalue weighted by atomic mass is 9.79. The van der Waals surface area contributed by atoms with Gasteiger partial charge in [0.2, 0.25) is 0 Å². The standard InChI is InChI=1S/C15H19N3/c1-12-2-4-14(5-3-12)17-15(11-16)7-9-18-8-6-13(15)10-18/h2-5,13,17H,6-10H2,1H3. The highest BCUT2D eigenvalue weighted by molar-refractivity contribution is 5.49. The van der Waals surface area contributed by atoms with Crippen molar-refractivity contribution in [3.8, 4) is 6.07 Å². The van der Waals surface area contributed by atoms with Crippen LogP contribution in [0.4, 0.5) is 5.69 Å². The van der Waals surface area contributed by atoms with Crippen LogP contribution in [-0.4, -0.2) is 30.1 Å². The molecule has 3 unspecified atom stereocenters. The molecular formula is C15H19N3. The van der Waals surface area contributed by atoms with Gasteiger partial charge in [-0.1, -0.05) is 17.7 Å². The number of nitrogens with zero attached hydrogens (tertiary/aromatic N) is 2. The Kier molecular flexibility index (Phi) is 2.76. The van der Waals surface area contributed by atoms with Crippen LogP contribution in [0.15, 0.2) is 24.3 Å². The van der Waals surface area contributed by atoms with E-state index in [0.29, 0.717) is 5.92 Å². The molecule has 0 spiro atoms. The molecule has 2 fully saturated rings. The van der Waals surface area contributed by atoms with E-state index in [1.54, 1.807) is 0 Å². The van der Waals surface area contributed by atoms with Crippen molar-refractivity contribution < 1.29 is 0 Å².